The minimum absolute atomic E-state index is 0.477. The molecule has 0 saturated heterocycles. The molecule has 10 rings (SSSR count). The van der Waals surface area contributed by atoms with E-state index in [1.165, 1.54) is 37.9 Å². The predicted molar refractivity (Wildman–Crippen MR) is 203 cm³/mol. The van der Waals surface area contributed by atoms with Gasteiger partial charge in [0.1, 0.15) is 0 Å². The van der Waals surface area contributed by atoms with Crippen LogP contribution in [0.25, 0.3) is 76.8 Å². The number of rotatable bonds is 0. The van der Waals surface area contributed by atoms with Crippen LogP contribution in [-0.2, 0) is 0 Å². The molecule has 0 spiro atoms. The smallest absolute Gasteiger partial charge is 0.0619 e. The van der Waals surface area contributed by atoms with Crippen molar-refractivity contribution < 1.29 is 0 Å². The van der Waals surface area contributed by atoms with Crippen LogP contribution in [-0.4, -0.2) is 0 Å². The molecule has 0 fully saturated rings. The molecule has 222 valence electrons. The SMILES string of the molecule is Clc1cc2c(cc1Cl)-c1cccc3c1N(c1ccccc1-c1cc4c5ccccc5c5ccccc5c4cc1-3)c1cc(Cl)c(Cl)cc1-2. The molecule has 1 nitrogen and oxygen atoms in total. The van der Waals surface area contributed by atoms with Gasteiger partial charge in [-0.25, -0.2) is 0 Å². The second-order valence-electron chi connectivity index (χ2n) is 12.2. The van der Waals surface area contributed by atoms with Crippen LogP contribution < -0.4 is 4.90 Å². The number of hydrogen-bond acceptors (Lipinski definition) is 1. The number of anilines is 3. The Hall–Kier alpha value is -4.50. The zero-order valence-electron chi connectivity index (χ0n) is 24.6. The molecule has 8 aromatic carbocycles. The number of fused-ring (bicyclic) bond motifs is 16. The fourth-order valence-electron chi connectivity index (χ4n) is 7.81. The molecule has 0 amide bonds. The molecule has 0 bridgehead atoms. The van der Waals surface area contributed by atoms with Gasteiger partial charge in [-0.05, 0) is 97.0 Å². The van der Waals surface area contributed by atoms with Crippen molar-refractivity contribution in [1.29, 1.82) is 0 Å². The van der Waals surface area contributed by atoms with Crippen LogP contribution in [0.2, 0.25) is 20.1 Å². The van der Waals surface area contributed by atoms with E-state index in [1.54, 1.807) is 0 Å². The molecule has 2 aliphatic heterocycles. The van der Waals surface area contributed by atoms with Crippen LogP contribution >= 0.6 is 46.4 Å². The predicted octanol–water partition coefficient (Wildman–Crippen LogP) is 14.5. The van der Waals surface area contributed by atoms with Crippen molar-refractivity contribution in [2.45, 2.75) is 0 Å². The quantitative estimate of drug-likeness (QED) is 0.144. The molecule has 8 aromatic rings. The van der Waals surface area contributed by atoms with Crippen molar-refractivity contribution in [3.05, 3.63) is 147 Å². The Bertz CT molecular complexity index is 2690. The molecule has 2 heterocycles. The number of hydrogen-bond donors (Lipinski definition) is 0. The molecule has 5 heteroatoms. The summed E-state index contributed by atoms with van der Waals surface area (Å²) in [6.07, 6.45) is 0. The molecule has 47 heavy (non-hydrogen) atoms. The van der Waals surface area contributed by atoms with Gasteiger partial charge in [0.2, 0.25) is 0 Å². The normalized spacial score (nSPS) is 12.6. The van der Waals surface area contributed by atoms with E-state index in [2.05, 4.69) is 108 Å². The molecule has 0 radical (unpaired) electrons. The molecule has 0 saturated carbocycles. The van der Waals surface area contributed by atoms with Gasteiger partial charge >= 0.3 is 0 Å². The van der Waals surface area contributed by atoms with E-state index in [0.717, 1.165) is 56.0 Å². The lowest BCUT2D eigenvalue weighted by Crippen LogP contribution is -2.12. The van der Waals surface area contributed by atoms with Gasteiger partial charge in [-0.1, -0.05) is 131 Å². The first-order valence-corrected chi connectivity index (χ1v) is 16.9. The molecule has 0 unspecified atom stereocenters. The third kappa shape index (κ3) is 3.80. The van der Waals surface area contributed by atoms with Crippen LogP contribution in [0.1, 0.15) is 0 Å². The first kappa shape index (κ1) is 27.6. The molecular weight excluding hydrogens is 660 g/mol. The van der Waals surface area contributed by atoms with Gasteiger partial charge in [0, 0.05) is 22.3 Å². The van der Waals surface area contributed by atoms with Gasteiger partial charge in [-0.15, -0.1) is 0 Å². The van der Waals surface area contributed by atoms with Crippen molar-refractivity contribution in [3.8, 4) is 44.5 Å². The molecule has 0 N–H and O–H groups in total. The summed E-state index contributed by atoms with van der Waals surface area (Å²) in [4.78, 5) is 2.35. The third-order valence-corrected chi connectivity index (χ3v) is 11.2. The third-order valence-electron chi connectivity index (χ3n) is 9.79. The second kappa shape index (κ2) is 10.0. The number of benzene rings is 8. The van der Waals surface area contributed by atoms with Gasteiger partial charge in [-0.3, -0.25) is 0 Å². The van der Waals surface area contributed by atoms with Crippen LogP contribution in [0.4, 0.5) is 17.1 Å². The Labute approximate surface area is 291 Å². The molecule has 2 aliphatic rings. The summed E-state index contributed by atoms with van der Waals surface area (Å²) in [6, 6.07) is 45.2. The van der Waals surface area contributed by atoms with Gasteiger partial charge in [0.15, 0.2) is 0 Å². The van der Waals surface area contributed by atoms with Crippen molar-refractivity contribution >= 4 is 95.8 Å². The maximum Gasteiger partial charge on any atom is 0.0619 e. The molecule has 0 atom stereocenters. The number of halogens is 4. The van der Waals surface area contributed by atoms with E-state index in [0.29, 0.717) is 20.1 Å². The van der Waals surface area contributed by atoms with Gasteiger partial charge in [0.05, 0.1) is 37.2 Å². The highest BCUT2D eigenvalue weighted by Gasteiger charge is 2.34. The number of nitrogens with zero attached hydrogens (tertiary/aromatic N) is 1. The Morgan fingerprint density at radius 3 is 1.30 bits per heavy atom. The zero-order chi connectivity index (χ0) is 31.6. The summed E-state index contributed by atoms with van der Waals surface area (Å²) < 4.78 is 0. The topological polar surface area (TPSA) is 3.24 Å². The summed E-state index contributed by atoms with van der Waals surface area (Å²) in [5.41, 5.74) is 11.5. The highest BCUT2D eigenvalue weighted by Crippen LogP contribution is 2.60. The minimum atomic E-state index is 0.477. The maximum absolute atomic E-state index is 6.82. The van der Waals surface area contributed by atoms with Gasteiger partial charge in [0.25, 0.3) is 0 Å². The summed E-state index contributed by atoms with van der Waals surface area (Å²) in [5, 5.41) is 9.37. The second-order valence-corrected chi connectivity index (χ2v) is 13.8. The van der Waals surface area contributed by atoms with Crippen LogP contribution in [0.3, 0.4) is 0 Å². The fraction of sp³-hybridized carbons (Fsp3) is 0. The van der Waals surface area contributed by atoms with E-state index in [1.807, 2.05) is 24.3 Å². The first-order chi connectivity index (χ1) is 23.0. The lowest BCUT2D eigenvalue weighted by atomic mass is 9.86. The maximum atomic E-state index is 6.82. The Morgan fingerprint density at radius 2 is 0.702 bits per heavy atom. The lowest BCUT2D eigenvalue weighted by Gasteiger charge is -2.29. The van der Waals surface area contributed by atoms with E-state index in [9.17, 15) is 0 Å². The van der Waals surface area contributed by atoms with E-state index in [-0.39, 0.29) is 0 Å². The zero-order valence-corrected chi connectivity index (χ0v) is 27.6. The van der Waals surface area contributed by atoms with Crippen LogP contribution in [0.5, 0.6) is 0 Å². The van der Waals surface area contributed by atoms with Crippen LogP contribution in [0, 0.1) is 0 Å². The van der Waals surface area contributed by atoms with E-state index >= 15 is 0 Å². The summed E-state index contributed by atoms with van der Waals surface area (Å²) in [5.74, 6) is 0. The van der Waals surface area contributed by atoms with Crippen molar-refractivity contribution in [3.63, 3.8) is 0 Å². The average molecular weight is 681 g/mol. The first-order valence-electron chi connectivity index (χ1n) is 15.4. The molecule has 0 aliphatic carbocycles. The van der Waals surface area contributed by atoms with Gasteiger partial charge < -0.3 is 4.90 Å². The van der Waals surface area contributed by atoms with Crippen LogP contribution in [0.15, 0.2) is 127 Å². The Balaban J connectivity index is 1.44. The summed E-state index contributed by atoms with van der Waals surface area (Å²) in [7, 11) is 0. The Kier molecular flexibility index (Phi) is 5.87. The molecular formula is C42H21Cl4N. The van der Waals surface area contributed by atoms with Gasteiger partial charge in [-0.2, -0.15) is 0 Å². The highest BCUT2D eigenvalue weighted by atomic mass is 35.5. The average Bonchev–Trinajstić information content (AvgIpc) is 3.29. The number of para-hydroxylation sites is 2. The van der Waals surface area contributed by atoms with Crippen molar-refractivity contribution in [1.82, 2.24) is 0 Å². The van der Waals surface area contributed by atoms with Crippen molar-refractivity contribution in [2.75, 3.05) is 4.90 Å². The fourth-order valence-corrected chi connectivity index (χ4v) is 8.46. The monoisotopic (exact) mass is 679 g/mol. The highest BCUT2D eigenvalue weighted by molar-refractivity contribution is 6.44. The summed E-state index contributed by atoms with van der Waals surface area (Å²) in [6.45, 7) is 0. The van der Waals surface area contributed by atoms with E-state index < -0.39 is 0 Å². The largest absolute Gasteiger partial charge is 0.308 e. The lowest BCUT2D eigenvalue weighted by molar-refractivity contribution is 1.31. The van der Waals surface area contributed by atoms with Crippen molar-refractivity contribution in [2.24, 2.45) is 0 Å². The Morgan fingerprint density at radius 1 is 0.298 bits per heavy atom. The summed E-state index contributed by atoms with van der Waals surface area (Å²) >= 11 is 27.0. The molecule has 0 aromatic heterocycles. The van der Waals surface area contributed by atoms with E-state index in [4.69, 9.17) is 46.4 Å². The minimum Gasteiger partial charge on any atom is -0.308 e. The standard InChI is InChI=1S/C42H21Cl4N/c43-36-18-33-28-14-7-13-27-32-17-30-25-11-4-2-9-23(25)22-8-1-3-10-24(22)29(30)16-31(32)26-12-5-6-15-40(26)47(42(27)28)41-21-39(46)38(45)20-35(41)34(33)19-37(36)44/h1-21H.